The van der Waals surface area contributed by atoms with Gasteiger partial charge < -0.3 is 19.5 Å². The van der Waals surface area contributed by atoms with Crippen molar-refractivity contribution in [3.63, 3.8) is 0 Å². The van der Waals surface area contributed by atoms with Gasteiger partial charge in [-0.15, -0.1) is 0 Å². The van der Waals surface area contributed by atoms with Gasteiger partial charge in [-0.1, -0.05) is 0 Å². The molecule has 0 atom stereocenters. The molecule has 1 aromatic heterocycles. The lowest BCUT2D eigenvalue weighted by Gasteiger charge is -2.08. The molecule has 0 bridgehead atoms. The third-order valence-corrected chi connectivity index (χ3v) is 2.17. The van der Waals surface area contributed by atoms with Gasteiger partial charge in [0.25, 0.3) is 5.88 Å². The van der Waals surface area contributed by atoms with Crippen LogP contribution < -0.4 is 10.1 Å². The molecule has 0 aliphatic heterocycles. The number of anilines is 1. The maximum absolute atomic E-state index is 10.8. The molecule has 0 amide bonds. The van der Waals surface area contributed by atoms with E-state index < -0.39 is 4.92 Å². The van der Waals surface area contributed by atoms with Crippen molar-refractivity contribution < 1.29 is 19.1 Å². The van der Waals surface area contributed by atoms with E-state index in [9.17, 15) is 10.1 Å². The van der Waals surface area contributed by atoms with E-state index in [1.165, 1.54) is 0 Å². The molecule has 0 spiro atoms. The highest BCUT2D eigenvalue weighted by atomic mass is 16.6. The van der Waals surface area contributed by atoms with Crippen molar-refractivity contribution in [1.29, 1.82) is 0 Å². The molecule has 112 valence electrons. The van der Waals surface area contributed by atoms with Gasteiger partial charge in [0.15, 0.2) is 0 Å². The summed E-state index contributed by atoms with van der Waals surface area (Å²) in [6.45, 7) is 3.85. The standard InChI is InChI=1S/C11H18N4O5/c1-3-12-11-13-8-9(15(16)17)10(14-11)20-7-6-19-5-4-18-2/h8H,3-7H2,1-2H3,(H,12,13,14). The van der Waals surface area contributed by atoms with Crippen LogP contribution in [-0.2, 0) is 9.47 Å². The fourth-order valence-electron chi connectivity index (χ4n) is 1.28. The van der Waals surface area contributed by atoms with Gasteiger partial charge in [0.1, 0.15) is 12.8 Å². The molecule has 9 nitrogen and oxygen atoms in total. The first-order valence-corrected chi connectivity index (χ1v) is 6.13. The molecule has 1 N–H and O–H groups in total. The van der Waals surface area contributed by atoms with Crippen molar-refractivity contribution in [3.05, 3.63) is 16.3 Å². The van der Waals surface area contributed by atoms with Gasteiger partial charge in [-0.25, -0.2) is 4.98 Å². The molecule has 0 saturated heterocycles. The zero-order chi connectivity index (χ0) is 14.8. The van der Waals surface area contributed by atoms with Crippen molar-refractivity contribution in [3.8, 4) is 5.88 Å². The number of nitro groups is 1. The summed E-state index contributed by atoms with van der Waals surface area (Å²) in [6, 6.07) is 0. The molecule has 0 aromatic carbocycles. The van der Waals surface area contributed by atoms with Crippen molar-refractivity contribution in [2.24, 2.45) is 0 Å². The first kappa shape index (κ1) is 16.1. The molecule has 0 aliphatic carbocycles. The second-order valence-corrected chi connectivity index (χ2v) is 3.63. The van der Waals surface area contributed by atoms with Crippen LogP contribution in [0.2, 0.25) is 0 Å². The monoisotopic (exact) mass is 286 g/mol. The fourth-order valence-corrected chi connectivity index (χ4v) is 1.28. The quantitative estimate of drug-likeness (QED) is 0.383. The maximum Gasteiger partial charge on any atom is 0.349 e. The number of nitrogens with zero attached hydrogens (tertiary/aromatic N) is 3. The molecule has 0 radical (unpaired) electrons. The summed E-state index contributed by atoms with van der Waals surface area (Å²) in [4.78, 5) is 18.0. The van der Waals surface area contributed by atoms with Gasteiger partial charge in [0.05, 0.1) is 24.7 Å². The third kappa shape index (κ3) is 5.33. The van der Waals surface area contributed by atoms with Crippen molar-refractivity contribution >= 4 is 11.6 Å². The summed E-state index contributed by atoms with van der Waals surface area (Å²) in [5.74, 6) is 0.213. The van der Waals surface area contributed by atoms with E-state index in [4.69, 9.17) is 14.2 Å². The van der Waals surface area contributed by atoms with Crippen molar-refractivity contribution in [1.82, 2.24) is 9.97 Å². The molecule has 1 aromatic rings. The molecule has 0 fully saturated rings. The lowest BCUT2D eigenvalue weighted by molar-refractivity contribution is -0.386. The zero-order valence-corrected chi connectivity index (χ0v) is 11.5. The second-order valence-electron chi connectivity index (χ2n) is 3.63. The van der Waals surface area contributed by atoms with Crippen LogP contribution in [0.1, 0.15) is 6.92 Å². The van der Waals surface area contributed by atoms with Crippen LogP contribution in [0, 0.1) is 10.1 Å². The Bertz CT molecular complexity index is 429. The van der Waals surface area contributed by atoms with Gasteiger partial charge in [-0.05, 0) is 6.92 Å². The number of ether oxygens (including phenoxy) is 3. The lowest BCUT2D eigenvalue weighted by atomic mass is 10.5. The Morgan fingerprint density at radius 1 is 1.35 bits per heavy atom. The Hall–Kier alpha value is -2.00. The van der Waals surface area contributed by atoms with Crippen LogP contribution in [0.5, 0.6) is 5.88 Å². The highest BCUT2D eigenvalue weighted by molar-refractivity contribution is 5.43. The number of hydrogen-bond acceptors (Lipinski definition) is 8. The van der Waals surface area contributed by atoms with E-state index in [1.807, 2.05) is 6.92 Å². The number of nitrogens with one attached hydrogen (secondary N) is 1. The highest BCUT2D eigenvalue weighted by Crippen LogP contribution is 2.24. The number of aromatic nitrogens is 2. The number of rotatable bonds is 10. The predicted octanol–water partition coefficient (Wildman–Crippen LogP) is 0.858. The van der Waals surface area contributed by atoms with Crippen molar-refractivity contribution in [2.45, 2.75) is 6.92 Å². The summed E-state index contributed by atoms with van der Waals surface area (Å²) in [7, 11) is 1.58. The average molecular weight is 286 g/mol. The Balaban J connectivity index is 2.56. The molecular formula is C11H18N4O5. The smallest absolute Gasteiger partial charge is 0.349 e. The number of methoxy groups -OCH3 is 1. The normalized spacial score (nSPS) is 10.3. The molecular weight excluding hydrogens is 268 g/mol. The minimum atomic E-state index is -0.586. The summed E-state index contributed by atoms with van der Waals surface area (Å²) in [5.41, 5.74) is -0.274. The predicted molar refractivity (Wildman–Crippen MR) is 71.0 cm³/mol. The highest BCUT2D eigenvalue weighted by Gasteiger charge is 2.18. The Labute approximate surface area is 116 Å². The first-order valence-electron chi connectivity index (χ1n) is 6.13. The Kier molecular flexibility index (Phi) is 7.22. The van der Waals surface area contributed by atoms with Crippen LogP contribution in [0.15, 0.2) is 6.20 Å². The van der Waals surface area contributed by atoms with Crippen molar-refractivity contribution in [2.75, 3.05) is 45.4 Å². The van der Waals surface area contributed by atoms with Crippen LogP contribution in [0.4, 0.5) is 11.6 Å². The third-order valence-electron chi connectivity index (χ3n) is 2.17. The summed E-state index contributed by atoms with van der Waals surface area (Å²) < 4.78 is 15.3. The minimum Gasteiger partial charge on any atom is -0.470 e. The van der Waals surface area contributed by atoms with E-state index in [-0.39, 0.29) is 24.1 Å². The number of hydrogen-bond donors (Lipinski definition) is 1. The lowest BCUT2D eigenvalue weighted by Crippen LogP contribution is -2.12. The Morgan fingerprint density at radius 2 is 2.10 bits per heavy atom. The largest absolute Gasteiger partial charge is 0.470 e. The molecule has 0 aliphatic rings. The average Bonchev–Trinajstić information content (AvgIpc) is 2.43. The van der Waals surface area contributed by atoms with Gasteiger partial charge in [0, 0.05) is 13.7 Å². The maximum atomic E-state index is 10.8. The van der Waals surface area contributed by atoms with E-state index in [2.05, 4.69) is 15.3 Å². The summed E-state index contributed by atoms with van der Waals surface area (Å²) in [5, 5.41) is 13.7. The Morgan fingerprint density at radius 3 is 2.75 bits per heavy atom. The van der Waals surface area contributed by atoms with Crippen LogP contribution in [0.25, 0.3) is 0 Å². The van der Waals surface area contributed by atoms with Crippen LogP contribution in [-0.4, -0.2) is 55.0 Å². The van der Waals surface area contributed by atoms with E-state index >= 15 is 0 Å². The molecule has 1 heterocycles. The van der Waals surface area contributed by atoms with Crippen LogP contribution in [0.3, 0.4) is 0 Å². The SMILES string of the molecule is CCNc1ncc([N+](=O)[O-])c(OCCOCCOC)n1. The van der Waals surface area contributed by atoms with Gasteiger partial charge in [0.2, 0.25) is 5.95 Å². The topological polar surface area (TPSA) is 109 Å². The van der Waals surface area contributed by atoms with Gasteiger partial charge >= 0.3 is 5.69 Å². The van der Waals surface area contributed by atoms with Gasteiger partial charge in [-0.2, -0.15) is 4.98 Å². The molecule has 1 rings (SSSR count). The van der Waals surface area contributed by atoms with Gasteiger partial charge in [-0.3, -0.25) is 10.1 Å². The molecule has 0 unspecified atom stereocenters. The summed E-state index contributed by atoms with van der Waals surface area (Å²) in [6.07, 6.45) is 1.12. The fraction of sp³-hybridized carbons (Fsp3) is 0.636. The molecule has 9 heteroatoms. The van der Waals surface area contributed by atoms with E-state index in [0.717, 1.165) is 6.20 Å². The first-order chi connectivity index (χ1) is 9.69. The molecule has 0 saturated carbocycles. The second kappa shape index (κ2) is 8.99. The minimum absolute atomic E-state index is 0.0729. The van der Waals surface area contributed by atoms with E-state index in [1.54, 1.807) is 7.11 Å². The molecule has 20 heavy (non-hydrogen) atoms. The van der Waals surface area contributed by atoms with E-state index in [0.29, 0.717) is 26.4 Å². The summed E-state index contributed by atoms with van der Waals surface area (Å²) >= 11 is 0. The zero-order valence-electron chi connectivity index (χ0n) is 11.5. The van der Waals surface area contributed by atoms with Crippen LogP contribution >= 0.6 is 0 Å².